The summed E-state index contributed by atoms with van der Waals surface area (Å²) in [7, 11) is 0. The van der Waals surface area contributed by atoms with Crippen LogP contribution in [0.2, 0.25) is 0 Å². The van der Waals surface area contributed by atoms with Crippen LogP contribution in [-0.4, -0.2) is 37.2 Å². The third-order valence-electron chi connectivity index (χ3n) is 10.7. The van der Waals surface area contributed by atoms with Crippen molar-refractivity contribution >= 4 is 17.9 Å². The van der Waals surface area contributed by atoms with Crippen molar-refractivity contribution in [1.29, 1.82) is 0 Å². The first-order valence-electron chi connectivity index (χ1n) is 26.8. The van der Waals surface area contributed by atoms with Gasteiger partial charge in [-0.05, 0) is 103 Å². The molecule has 6 heteroatoms. The van der Waals surface area contributed by atoms with E-state index in [0.29, 0.717) is 19.3 Å². The van der Waals surface area contributed by atoms with E-state index in [-0.39, 0.29) is 37.5 Å². The summed E-state index contributed by atoms with van der Waals surface area (Å²) in [4.78, 5) is 38.0. The van der Waals surface area contributed by atoms with E-state index < -0.39 is 6.10 Å². The van der Waals surface area contributed by atoms with Crippen LogP contribution in [0.25, 0.3) is 0 Å². The van der Waals surface area contributed by atoms with Crippen molar-refractivity contribution in [2.24, 2.45) is 0 Å². The topological polar surface area (TPSA) is 78.9 Å². The third kappa shape index (κ3) is 52.4. The van der Waals surface area contributed by atoms with Gasteiger partial charge in [-0.2, -0.15) is 0 Å². The molecule has 0 rings (SSSR count). The number of unbranched alkanes of at least 4 members (excludes halogenated alkanes) is 17. The molecule has 0 aromatic carbocycles. The molecule has 0 aromatic heterocycles. The van der Waals surface area contributed by atoms with Gasteiger partial charge in [0.1, 0.15) is 13.2 Å². The predicted octanol–water partition coefficient (Wildman–Crippen LogP) is 17.9. The van der Waals surface area contributed by atoms with Crippen molar-refractivity contribution in [3.8, 4) is 0 Å². The van der Waals surface area contributed by atoms with Crippen LogP contribution in [-0.2, 0) is 28.6 Å². The normalized spacial score (nSPS) is 13.2. The number of carbonyl (C=O) groups excluding carboxylic acids is 3. The molecule has 6 nitrogen and oxygen atoms in total. The largest absolute Gasteiger partial charge is 0.462 e. The Bertz CT molecular complexity index is 1480. The third-order valence-corrected chi connectivity index (χ3v) is 10.7. The molecule has 0 N–H and O–H groups in total. The molecule has 0 fully saturated rings. The van der Waals surface area contributed by atoms with E-state index >= 15 is 0 Å². The van der Waals surface area contributed by atoms with Gasteiger partial charge < -0.3 is 14.2 Å². The number of rotatable bonds is 46. The molecule has 0 saturated carbocycles. The number of ether oxygens (including phenoxy) is 3. The highest BCUT2D eigenvalue weighted by Gasteiger charge is 2.19. The minimum atomic E-state index is -0.828. The average Bonchev–Trinajstić information content (AvgIpc) is 3.33. The van der Waals surface area contributed by atoms with E-state index in [9.17, 15) is 14.4 Å². The molecule has 0 aromatic rings. The summed E-state index contributed by atoms with van der Waals surface area (Å²) < 4.78 is 16.7. The number of allylic oxidation sites excluding steroid dienone is 22. The van der Waals surface area contributed by atoms with Crippen molar-refractivity contribution in [1.82, 2.24) is 0 Å². The second-order valence-corrected chi connectivity index (χ2v) is 17.1. The summed E-state index contributed by atoms with van der Waals surface area (Å²) in [6.07, 6.45) is 75.9. The smallest absolute Gasteiger partial charge is 0.306 e. The van der Waals surface area contributed by atoms with Crippen molar-refractivity contribution in [2.45, 2.75) is 219 Å². The van der Waals surface area contributed by atoms with Gasteiger partial charge in [0.05, 0.1) is 0 Å². The van der Waals surface area contributed by atoms with Gasteiger partial charge in [0, 0.05) is 19.3 Å². The van der Waals surface area contributed by atoms with E-state index in [1.54, 1.807) is 0 Å². The van der Waals surface area contributed by atoms with Crippen molar-refractivity contribution in [3.05, 3.63) is 134 Å². The highest BCUT2D eigenvalue weighted by atomic mass is 16.6. The fourth-order valence-electron chi connectivity index (χ4n) is 6.79. The summed E-state index contributed by atoms with van der Waals surface area (Å²) in [6.45, 7) is 6.26. The SMILES string of the molecule is CC/C=C/C=C/C=C/C=C/C=C/CCCC(=O)OCC(COC(=O)CCCCC/C=C/C/C=C/C/C=C/C/C=C/C/C=C/CC)OC(=O)CCCCCCCCC/C=C/CCCCCCCC. The molecule has 0 aliphatic carbocycles. The highest BCUT2D eigenvalue weighted by molar-refractivity contribution is 5.71. The lowest BCUT2D eigenvalue weighted by atomic mass is 10.1. The zero-order valence-corrected chi connectivity index (χ0v) is 42.9. The van der Waals surface area contributed by atoms with E-state index in [2.05, 4.69) is 99.8 Å². The molecular weight excluding hydrogens is 829 g/mol. The minimum absolute atomic E-state index is 0.124. The van der Waals surface area contributed by atoms with Gasteiger partial charge in [-0.1, -0.05) is 225 Å². The van der Waals surface area contributed by atoms with Gasteiger partial charge in [-0.25, -0.2) is 0 Å². The average molecular weight is 925 g/mol. The fourth-order valence-corrected chi connectivity index (χ4v) is 6.79. The summed E-state index contributed by atoms with van der Waals surface area (Å²) in [5.74, 6) is -1.04. The van der Waals surface area contributed by atoms with Crippen LogP contribution in [0.4, 0.5) is 0 Å². The predicted molar refractivity (Wildman–Crippen MR) is 288 cm³/mol. The zero-order chi connectivity index (χ0) is 48.6. The second-order valence-electron chi connectivity index (χ2n) is 17.1. The van der Waals surface area contributed by atoms with Crippen molar-refractivity contribution < 1.29 is 28.6 Å². The van der Waals surface area contributed by atoms with Crippen LogP contribution in [0, 0.1) is 0 Å². The maximum absolute atomic E-state index is 12.8. The van der Waals surface area contributed by atoms with E-state index in [1.807, 2.05) is 54.7 Å². The van der Waals surface area contributed by atoms with Gasteiger partial charge in [0.25, 0.3) is 0 Å². The quantitative estimate of drug-likeness (QED) is 0.0199. The van der Waals surface area contributed by atoms with Gasteiger partial charge in [-0.3, -0.25) is 14.4 Å². The number of carbonyl (C=O) groups is 3. The molecule has 0 amide bonds. The second kappa shape index (κ2) is 54.2. The Morgan fingerprint density at radius 3 is 1.16 bits per heavy atom. The monoisotopic (exact) mass is 925 g/mol. The molecule has 1 unspecified atom stereocenters. The molecule has 0 heterocycles. The highest BCUT2D eigenvalue weighted by Crippen LogP contribution is 2.13. The minimum Gasteiger partial charge on any atom is -0.462 e. The molecule has 67 heavy (non-hydrogen) atoms. The van der Waals surface area contributed by atoms with Gasteiger partial charge >= 0.3 is 17.9 Å². The maximum Gasteiger partial charge on any atom is 0.306 e. The van der Waals surface area contributed by atoms with E-state index in [0.717, 1.165) is 89.9 Å². The molecule has 0 aliphatic heterocycles. The van der Waals surface area contributed by atoms with Gasteiger partial charge in [0.2, 0.25) is 0 Å². The molecule has 1 atom stereocenters. The molecule has 376 valence electrons. The lowest BCUT2D eigenvalue weighted by molar-refractivity contribution is -0.167. The lowest BCUT2D eigenvalue weighted by Gasteiger charge is -2.18. The Balaban J connectivity index is 4.55. The Kier molecular flexibility index (Phi) is 50.6. The summed E-state index contributed by atoms with van der Waals surface area (Å²) in [5.41, 5.74) is 0. The van der Waals surface area contributed by atoms with Crippen LogP contribution in [0.5, 0.6) is 0 Å². The number of hydrogen-bond donors (Lipinski definition) is 0. The van der Waals surface area contributed by atoms with E-state index in [4.69, 9.17) is 14.2 Å². The van der Waals surface area contributed by atoms with Crippen molar-refractivity contribution in [2.75, 3.05) is 13.2 Å². The Morgan fingerprint density at radius 2 is 0.672 bits per heavy atom. The van der Waals surface area contributed by atoms with Crippen molar-refractivity contribution in [3.63, 3.8) is 0 Å². The molecular formula is C61H96O6. The Labute approximate surface area is 411 Å². The molecule has 0 radical (unpaired) electrons. The van der Waals surface area contributed by atoms with E-state index in [1.165, 1.54) is 77.0 Å². The first-order valence-corrected chi connectivity index (χ1v) is 26.8. The molecule has 0 spiro atoms. The summed E-state index contributed by atoms with van der Waals surface area (Å²) in [5, 5.41) is 0. The number of esters is 3. The Morgan fingerprint density at radius 1 is 0.328 bits per heavy atom. The van der Waals surface area contributed by atoms with Crippen LogP contribution < -0.4 is 0 Å². The standard InChI is InChI=1S/C61H96O6/c1-4-7-10-13-16-19-22-25-27-29-30-32-33-36-39-42-45-48-51-54-60(63)66-57-58(56-65-59(62)53-50-47-44-41-38-35-24-21-18-15-12-9-6-3)67-61(64)55-52-49-46-43-40-37-34-31-28-26-23-20-17-14-11-8-5-2/h7,9-10,12,15-16,18-19,21,24-28,30,32,35-36,38-39,41,44,58H,4-6,8,11,13-14,17,20,22-23,29,31,33-34,37,40,42-43,45-57H2,1-3H3/b10-7+,12-9+,18-15+,19-16+,24-21+,27-25+,28-26+,32-30+,38-35+,39-36+,44-41+. The van der Waals surface area contributed by atoms with Crippen LogP contribution in [0.1, 0.15) is 213 Å². The van der Waals surface area contributed by atoms with Crippen LogP contribution in [0.3, 0.4) is 0 Å². The fraction of sp³-hybridized carbons (Fsp3) is 0.590. The lowest BCUT2D eigenvalue weighted by Crippen LogP contribution is -2.30. The van der Waals surface area contributed by atoms with Gasteiger partial charge in [0.15, 0.2) is 6.10 Å². The summed E-state index contributed by atoms with van der Waals surface area (Å²) in [6, 6.07) is 0. The maximum atomic E-state index is 12.8. The molecule has 0 aliphatic rings. The molecule has 0 bridgehead atoms. The van der Waals surface area contributed by atoms with Crippen LogP contribution in [0.15, 0.2) is 134 Å². The zero-order valence-electron chi connectivity index (χ0n) is 42.9. The number of hydrogen-bond acceptors (Lipinski definition) is 6. The molecule has 0 saturated heterocycles. The Hall–Kier alpha value is -4.45. The van der Waals surface area contributed by atoms with Crippen LogP contribution >= 0.6 is 0 Å². The van der Waals surface area contributed by atoms with Gasteiger partial charge in [-0.15, -0.1) is 0 Å². The first kappa shape index (κ1) is 62.5. The first-order chi connectivity index (χ1) is 33.0. The summed E-state index contributed by atoms with van der Waals surface area (Å²) >= 11 is 0.